The SMILES string of the molecule is O=C(O)[C@H]1COCCN1C(=O)c1cccc(-n2cncn2)c1. The minimum atomic E-state index is -1.07. The number of aromatic nitrogens is 3. The Morgan fingerprint density at radius 1 is 1.36 bits per heavy atom. The average molecular weight is 302 g/mol. The summed E-state index contributed by atoms with van der Waals surface area (Å²) in [6, 6.07) is 5.86. The summed E-state index contributed by atoms with van der Waals surface area (Å²) in [7, 11) is 0. The Morgan fingerprint density at radius 2 is 2.23 bits per heavy atom. The van der Waals surface area contributed by atoms with Crippen LogP contribution in [-0.4, -0.2) is 62.4 Å². The molecule has 1 amide bonds. The Morgan fingerprint density at radius 3 is 2.95 bits per heavy atom. The predicted molar refractivity (Wildman–Crippen MR) is 74.6 cm³/mol. The van der Waals surface area contributed by atoms with Crippen molar-refractivity contribution in [2.24, 2.45) is 0 Å². The van der Waals surface area contributed by atoms with E-state index in [0.29, 0.717) is 17.9 Å². The zero-order valence-corrected chi connectivity index (χ0v) is 11.6. The average Bonchev–Trinajstić information content (AvgIpc) is 3.09. The summed E-state index contributed by atoms with van der Waals surface area (Å²) in [4.78, 5) is 29.0. The maximum atomic E-state index is 12.6. The number of ether oxygens (including phenoxy) is 1. The lowest BCUT2D eigenvalue weighted by Gasteiger charge is -2.32. The molecule has 22 heavy (non-hydrogen) atoms. The van der Waals surface area contributed by atoms with Crippen molar-refractivity contribution >= 4 is 11.9 Å². The van der Waals surface area contributed by atoms with Crippen molar-refractivity contribution in [2.45, 2.75) is 6.04 Å². The molecule has 1 aromatic heterocycles. The third kappa shape index (κ3) is 2.68. The number of nitrogens with zero attached hydrogens (tertiary/aromatic N) is 4. The standard InChI is InChI=1S/C14H14N4O4/c19-13(17-4-5-22-7-12(17)14(20)21)10-2-1-3-11(6-10)18-9-15-8-16-18/h1-3,6,8-9,12H,4-5,7H2,(H,20,21)/t12-/m1/s1. The van der Waals surface area contributed by atoms with Gasteiger partial charge in [0.25, 0.3) is 5.91 Å². The van der Waals surface area contributed by atoms with Gasteiger partial charge in [0.15, 0.2) is 6.04 Å². The number of aliphatic carboxylic acids is 1. The van der Waals surface area contributed by atoms with Crippen molar-refractivity contribution < 1.29 is 19.4 Å². The first kappa shape index (κ1) is 14.2. The fraction of sp³-hybridized carbons (Fsp3) is 0.286. The molecule has 0 saturated carbocycles. The molecule has 0 unspecified atom stereocenters. The van der Waals surface area contributed by atoms with Gasteiger partial charge in [-0.1, -0.05) is 6.07 Å². The van der Waals surface area contributed by atoms with E-state index in [9.17, 15) is 14.7 Å². The topological polar surface area (TPSA) is 97.6 Å². The Balaban J connectivity index is 1.88. The van der Waals surface area contributed by atoms with Crippen molar-refractivity contribution in [1.29, 1.82) is 0 Å². The van der Waals surface area contributed by atoms with Gasteiger partial charge >= 0.3 is 5.97 Å². The normalized spacial score (nSPS) is 18.2. The fourth-order valence-corrected chi connectivity index (χ4v) is 2.34. The zero-order valence-electron chi connectivity index (χ0n) is 11.6. The second-order valence-corrected chi connectivity index (χ2v) is 4.82. The molecule has 2 aromatic rings. The summed E-state index contributed by atoms with van der Waals surface area (Å²) in [6.45, 7) is 0.589. The molecular weight excluding hydrogens is 288 g/mol. The van der Waals surface area contributed by atoms with E-state index in [1.165, 1.54) is 22.2 Å². The van der Waals surface area contributed by atoms with Gasteiger partial charge in [0.2, 0.25) is 0 Å². The molecule has 0 radical (unpaired) electrons. The lowest BCUT2D eigenvalue weighted by molar-refractivity contribution is -0.147. The van der Waals surface area contributed by atoms with Gasteiger partial charge in [-0.2, -0.15) is 5.10 Å². The molecule has 114 valence electrons. The summed E-state index contributed by atoms with van der Waals surface area (Å²) >= 11 is 0. The number of benzene rings is 1. The van der Waals surface area contributed by atoms with Crippen LogP contribution in [-0.2, 0) is 9.53 Å². The molecule has 1 fully saturated rings. The first-order valence-electron chi connectivity index (χ1n) is 6.73. The Labute approximate surface area is 125 Å². The van der Waals surface area contributed by atoms with Crippen LogP contribution in [0.25, 0.3) is 5.69 Å². The molecular formula is C14H14N4O4. The molecule has 1 aliphatic heterocycles. The lowest BCUT2D eigenvalue weighted by Crippen LogP contribution is -2.52. The van der Waals surface area contributed by atoms with Crippen molar-refractivity contribution in [2.75, 3.05) is 19.8 Å². The minimum absolute atomic E-state index is 0.00381. The van der Waals surface area contributed by atoms with Gasteiger partial charge < -0.3 is 14.7 Å². The summed E-state index contributed by atoms with van der Waals surface area (Å²) in [5, 5.41) is 13.2. The van der Waals surface area contributed by atoms with Crippen molar-refractivity contribution in [3.05, 3.63) is 42.5 Å². The van der Waals surface area contributed by atoms with Gasteiger partial charge in [-0.3, -0.25) is 4.79 Å². The third-order valence-corrected chi connectivity index (χ3v) is 3.45. The van der Waals surface area contributed by atoms with Gasteiger partial charge in [0.05, 0.1) is 18.9 Å². The van der Waals surface area contributed by atoms with Gasteiger partial charge in [0.1, 0.15) is 12.7 Å². The molecule has 0 spiro atoms. The number of carbonyl (C=O) groups excluding carboxylic acids is 1. The maximum absolute atomic E-state index is 12.6. The Bertz CT molecular complexity index is 686. The second kappa shape index (κ2) is 5.94. The summed E-state index contributed by atoms with van der Waals surface area (Å²) < 4.78 is 6.68. The van der Waals surface area contributed by atoms with Crippen LogP contribution < -0.4 is 0 Å². The molecule has 2 heterocycles. The monoisotopic (exact) mass is 302 g/mol. The number of carboxylic acids is 1. The van der Waals surface area contributed by atoms with E-state index < -0.39 is 12.0 Å². The quantitative estimate of drug-likeness (QED) is 0.869. The third-order valence-electron chi connectivity index (χ3n) is 3.45. The Hall–Kier alpha value is -2.74. The van der Waals surface area contributed by atoms with E-state index in [4.69, 9.17) is 4.74 Å². The predicted octanol–water partition coefficient (Wildman–Crippen LogP) is 0.193. The first-order valence-corrected chi connectivity index (χ1v) is 6.73. The lowest BCUT2D eigenvalue weighted by atomic mass is 10.1. The number of hydrogen-bond donors (Lipinski definition) is 1. The molecule has 1 atom stereocenters. The largest absolute Gasteiger partial charge is 0.480 e. The molecule has 1 aliphatic rings. The van der Waals surface area contributed by atoms with E-state index in [0.717, 1.165) is 0 Å². The fourth-order valence-electron chi connectivity index (χ4n) is 2.34. The number of carboxylic acid groups (broad SMARTS) is 1. The summed E-state index contributed by atoms with van der Waals surface area (Å²) in [6.07, 6.45) is 2.93. The van der Waals surface area contributed by atoms with E-state index in [1.807, 2.05) is 0 Å². The molecule has 8 nitrogen and oxygen atoms in total. The smallest absolute Gasteiger partial charge is 0.328 e. The van der Waals surface area contributed by atoms with E-state index in [1.54, 1.807) is 24.3 Å². The number of rotatable bonds is 3. The molecule has 0 aliphatic carbocycles. The van der Waals surface area contributed by atoms with E-state index in [2.05, 4.69) is 10.1 Å². The number of morpholine rings is 1. The van der Waals surface area contributed by atoms with Crippen LogP contribution in [0.1, 0.15) is 10.4 Å². The van der Waals surface area contributed by atoms with Gasteiger partial charge in [-0.05, 0) is 18.2 Å². The van der Waals surface area contributed by atoms with E-state index in [-0.39, 0.29) is 19.1 Å². The van der Waals surface area contributed by atoms with Crippen molar-refractivity contribution in [3.8, 4) is 5.69 Å². The van der Waals surface area contributed by atoms with Gasteiger partial charge in [0, 0.05) is 12.1 Å². The van der Waals surface area contributed by atoms with Crippen LogP contribution in [0, 0.1) is 0 Å². The highest BCUT2D eigenvalue weighted by molar-refractivity contribution is 5.97. The zero-order chi connectivity index (χ0) is 15.5. The van der Waals surface area contributed by atoms with Crippen LogP contribution in [0.4, 0.5) is 0 Å². The number of hydrogen-bond acceptors (Lipinski definition) is 5. The van der Waals surface area contributed by atoms with E-state index >= 15 is 0 Å². The molecule has 1 N–H and O–H groups in total. The highest BCUT2D eigenvalue weighted by Gasteiger charge is 2.33. The van der Waals surface area contributed by atoms with Crippen molar-refractivity contribution in [1.82, 2.24) is 19.7 Å². The minimum Gasteiger partial charge on any atom is -0.480 e. The van der Waals surface area contributed by atoms with Gasteiger partial charge in [-0.25, -0.2) is 14.5 Å². The second-order valence-electron chi connectivity index (χ2n) is 4.82. The van der Waals surface area contributed by atoms with Crippen LogP contribution in [0.5, 0.6) is 0 Å². The van der Waals surface area contributed by atoms with Crippen LogP contribution in [0.2, 0.25) is 0 Å². The molecule has 3 rings (SSSR count). The summed E-state index contributed by atoms with van der Waals surface area (Å²) in [5.74, 6) is -1.40. The highest BCUT2D eigenvalue weighted by atomic mass is 16.5. The number of carbonyl (C=O) groups is 2. The van der Waals surface area contributed by atoms with Gasteiger partial charge in [-0.15, -0.1) is 0 Å². The molecule has 0 bridgehead atoms. The first-order chi connectivity index (χ1) is 10.7. The molecule has 1 aromatic carbocycles. The van der Waals surface area contributed by atoms with Crippen molar-refractivity contribution in [3.63, 3.8) is 0 Å². The molecule has 8 heteroatoms. The Kier molecular flexibility index (Phi) is 3.84. The van der Waals surface area contributed by atoms with Crippen LogP contribution in [0.15, 0.2) is 36.9 Å². The number of amides is 1. The molecule has 1 saturated heterocycles. The summed E-state index contributed by atoms with van der Waals surface area (Å²) in [5.41, 5.74) is 1.09. The van der Waals surface area contributed by atoms with Crippen LogP contribution in [0.3, 0.4) is 0 Å². The highest BCUT2D eigenvalue weighted by Crippen LogP contribution is 2.15. The maximum Gasteiger partial charge on any atom is 0.328 e. The van der Waals surface area contributed by atoms with Crippen LogP contribution >= 0.6 is 0 Å².